The van der Waals surface area contributed by atoms with Gasteiger partial charge >= 0.3 is 0 Å². The Balaban J connectivity index is 2.39. The van der Waals surface area contributed by atoms with Crippen LogP contribution < -0.4 is 5.32 Å². The number of hydrogen-bond donors (Lipinski definition) is 1. The number of nitrogens with one attached hydrogen (secondary N) is 1. The largest absolute Gasteiger partial charge is 0.377 e. The molecule has 0 aliphatic carbocycles. The molecule has 0 spiro atoms. The lowest BCUT2D eigenvalue weighted by atomic mass is 9.95. The van der Waals surface area contributed by atoms with Crippen LogP contribution in [-0.4, -0.2) is 61.3 Å². The van der Waals surface area contributed by atoms with Crippen LogP contribution in [0.1, 0.15) is 33.6 Å². The van der Waals surface area contributed by atoms with E-state index in [4.69, 9.17) is 4.74 Å². The summed E-state index contributed by atoms with van der Waals surface area (Å²) in [6, 6.07) is 0.442. The minimum Gasteiger partial charge on any atom is -0.377 e. The summed E-state index contributed by atoms with van der Waals surface area (Å²) >= 11 is 2.07. The van der Waals surface area contributed by atoms with Crippen molar-refractivity contribution in [1.82, 2.24) is 10.2 Å². The van der Waals surface area contributed by atoms with Crippen molar-refractivity contribution in [3.8, 4) is 0 Å². The molecule has 1 saturated heterocycles. The van der Waals surface area contributed by atoms with Gasteiger partial charge in [0, 0.05) is 37.7 Å². The smallest absolute Gasteiger partial charge is 0.0775 e. The predicted octanol–water partition coefficient (Wildman–Crippen LogP) is 2.22. The van der Waals surface area contributed by atoms with Crippen molar-refractivity contribution in [2.75, 3.05) is 44.8 Å². The molecule has 1 aliphatic heterocycles. The second kappa shape index (κ2) is 8.41. The van der Waals surface area contributed by atoms with Crippen molar-refractivity contribution in [2.45, 2.75) is 45.3 Å². The van der Waals surface area contributed by atoms with E-state index in [-0.39, 0.29) is 5.60 Å². The fourth-order valence-corrected chi connectivity index (χ4v) is 3.27. The standard InChI is InChI=1S/C14H30N2OS/c1-5-7-15-13(14(2,3)17-4)6-8-16-9-11-18-12-10-16/h13,15H,5-12H2,1-4H3. The Morgan fingerprint density at radius 2 is 2.00 bits per heavy atom. The van der Waals surface area contributed by atoms with Gasteiger partial charge in [-0.15, -0.1) is 0 Å². The lowest BCUT2D eigenvalue weighted by Gasteiger charge is -2.36. The molecule has 1 unspecified atom stereocenters. The van der Waals surface area contributed by atoms with Crippen LogP contribution in [0.5, 0.6) is 0 Å². The second-order valence-corrected chi connectivity index (χ2v) is 6.78. The van der Waals surface area contributed by atoms with Gasteiger partial charge < -0.3 is 15.0 Å². The molecule has 108 valence electrons. The van der Waals surface area contributed by atoms with Gasteiger partial charge in [-0.1, -0.05) is 6.92 Å². The average Bonchev–Trinajstić information content (AvgIpc) is 2.39. The van der Waals surface area contributed by atoms with E-state index in [1.165, 1.54) is 44.0 Å². The molecule has 0 bridgehead atoms. The van der Waals surface area contributed by atoms with Crippen LogP contribution in [0.25, 0.3) is 0 Å². The highest BCUT2D eigenvalue weighted by Crippen LogP contribution is 2.18. The minimum absolute atomic E-state index is 0.0836. The van der Waals surface area contributed by atoms with Crippen LogP contribution in [0.3, 0.4) is 0 Å². The summed E-state index contributed by atoms with van der Waals surface area (Å²) in [4.78, 5) is 2.59. The molecule has 0 saturated carbocycles. The van der Waals surface area contributed by atoms with E-state index in [1.807, 2.05) is 7.11 Å². The van der Waals surface area contributed by atoms with Crippen molar-refractivity contribution < 1.29 is 4.74 Å². The van der Waals surface area contributed by atoms with Gasteiger partial charge in [-0.3, -0.25) is 0 Å². The van der Waals surface area contributed by atoms with Gasteiger partial charge in [0.15, 0.2) is 0 Å². The van der Waals surface area contributed by atoms with Crippen LogP contribution in [-0.2, 0) is 4.74 Å². The molecule has 0 aromatic carbocycles. The van der Waals surface area contributed by atoms with Crippen LogP contribution in [0.4, 0.5) is 0 Å². The first-order chi connectivity index (χ1) is 8.60. The summed E-state index contributed by atoms with van der Waals surface area (Å²) in [6.45, 7) is 11.4. The lowest BCUT2D eigenvalue weighted by molar-refractivity contribution is -0.0146. The highest BCUT2D eigenvalue weighted by molar-refractivity contribution is 7.99. The Hall–Kier alpha value is 0.230. The number of thioether (sulfide) groups is 1. The zero-order chi connectivity index (χ0) is 13.4. The normalized spacial score (nSPS) is 20.0. The SMILES string of the molecule is CCCNC(CCN1CCSCC1)C(C)(C)OC. The monoisotopic (exact) mass is 274 g/mol. The van der Waals surface area contributed by atoms with Crippen molar-refractivity contribution >= 4 is 11.8 Å². The minimum atomic E-state index is -0.0836. The maximum atomic E-state index is 5.65. The molecule has 0 radical (unpaired) electrons. The summed E-state index contributed by atoms with van der Waals surface area (Å²) in [5.41, 5.74) is -0.0836. The molecule has 1 fully saturated rings. The molecule has 1 atom stereocenters. The van der Waals surface area contributed by atoms with Gasteiger partial charge in [-0.25, -0.2) is 0 Å². The summed E-state index contributed by atoms with van der Waals surface area (Å²) in [5, 5.41) is 3.64. The summed E-state index contributed by atoms with van der Waals surface area (Å²) in [6.07, 6.45) is 2.35. The van der Waals surface area contributed by atoms with Crippen LogP contribution in [0, 0.1) is 0 Å². The fourth-order valence-electron chi connectivity index (χ4n) is 2.29. The number of nitrogens with zero attached hydrogens (tertiary/aromatic N) is 1. The van der Waals surface area contributed by atoms with E-state index in [1.54, 1.807) is 0 Å². The molecule has 0 amide bonds. The highest BCUT2D eigenvalue weighted by atomic mass is 32.2. The van der Waals surface area contributed by atoms with E-state index < -0.39 is 0 Å². The molecular weight excluding hydrogens is 244 g/mol. The first kappa shape index (κ1) is 16.3. The maximum absolute atomic E-state index is 5.65. The topological polar surface area (TPSA) is 24.5 Å². The molecule has 1 rings (SSSR count). The zero-order valence-electron chi connectivity index (χ0n) is 12.5. The van der Waals surface area contributed by atoms with Crippen molar-refractivity contribution in [1.29, 1.82) is 0 Å². The molecule has 1 aliphatic rings. The molecule has 1 N–H and O–H groups in total. The Labute approximate surface area is 117 Å². The van der Waals surface area contributed by atoms with Gasteiger partial charge in [0.05, 0.1) is 5.60 Å². The molecular formula is C14H30N2OS. The third kappa shape index (κ3) is 5.47. The number of rotatable bonds is 8. The van der Waals surface area contributed by atoms with Gasteiger partial charge in [0.2, 0.25) is 0 Å². The lowest BCUT2D eigenvalue weighted by Crippen LogP contribution is -2.50. The number of ether oxygens (including phenoxy) is 1. The fraction of sp³-hybridized carbons (Fsp3) is 1.00. The summed E-state index contributed by atoms with van der Waals surface area (Å²) < 4.78 is 5.65. The predicted molar refractivity (Wildman–Crippen MR) is 81.6 cm³/mol. The van der Waals surface area contributed by atoms with Crippen LogP contribution in [0.15, 0.2) is 0 Å². The number of hydrogen-bond acceptors (Lipinski definition) is 4. The van der Waals surface area contributed by atoms with E-state index >= 15 is 0 Å². The molecule has 0 aromatic heterocycles. The van der Waals surface area contributed by atoms with Crippen molar-refractivity contribution in [3.63, 3.8) is 0 Å². The third-order valence-electron chi connectivity index (χ3n) is 3.84. The van der Waals surface area contributed by atoms with Gasteiger partial charge in [-0.2, -0.15) is 11.8 Å². The Morgan fingerprint density at radius 3 is 2.56 bits per heavy atom. The maximum Gasteiger partial charge on any atom is 0.0775 e. The van der Waals surface area contributed by atoms with Gasteiger partial charge in [-0.05, 0) is 39.8 Å². The Bertz CT molecular complexity index is 218. The molecule has 1 heterocycles. The third-order valence-corrected chi connectivity index (χ3v) is 4.79. The molecule has 4 heteroatoms. The summed E-state index contributed by atoms with van der Waals surface area (Å²) in [5.74, 6) is 2.58. The number of methoxy groups -OCH3 is 1. The van der Waals surface area contributed by atoms with Gasteiger partial charge in [0.1, 0.15) is 0 Å². The van der Waals surface area contributed by atoms with E-state index in [0.29, 0.717) is 6.04 Å². The zero-order valence-corrected chi connectivity index (χ0v) is 13.3. The average molecular weight is 274 g/mol. The Morgan fingerprint density at radius 1 is 1.33 bits per heavy atom. The van der Waals surface area contributed by atoms with E-state index in [2.05, 4.69) is 42.7 Å². The second-order valence-electron chi connectivity index (χ2n) is 5.56. The molecule has 18 heavy (non-hydrogen) atoms. The van der Waals surface area contributed by atoms with Crippen molar-refractivity contribution in [2.24, 2.45) is 0 Å². The van der Waals surface area contributed by atoms with Gasteiger partial charge in [0.25, 0.3) is 0 Å². The van der Waals surface area contributed by atoms with Crippen molar-refractivity contribution in [3.05, 3.63) is 0 Å². The van der Waals surface area contributed by atoms with Crippen LogP contribution >= 0.6 is 11.8 Å². The first-order valence-corrected chi connectivity index (χ1v) is 8.34. The summed E-state index contributed by atoms with van der Waals surface area (Å²) in [7, 11) is 1.82. The first-order valence-electron chi connectivity index (χ1n) is 7.18. The quantitative estimate of drug-likeness (QED) is 0.733. The Kier molecular flexibility index (Phi) is 7.61. The molecule has 0 aromatic rings. The highest BCUT2D eigenvalue weighted by Gasteiger charge is 2.29. The van der Waals surface area contributed by atoms with Crippen LogP contribution in [0.2, 0.25) is 0 Å². The van der Waals surface area contributed by atoms with E-state index in [9.17, 15) is 0 Å². The molecule has 3 nitrogen and oxygen atoms in total. The van der Waals surface area contributed by atoms with E-state index in [0.717, 1.165) is 6.54 Å².